The number of alkyl carbamates (subject to hydrolysis) is 1. The fourth-order valence-corrected chi connectivity index (χ4v) is 2.13. The number of halogens is 1. The van der Waals surface area contributed by atoms with E-state index < -0.39 is 22.5 Å². The number of cyclic esters (lactones) is 1. The summed E-state index contributed by atoms with van der Waals surface area (Å²) in [4.78, 5) is 21.8. The first kappa shape index (κ1) is 16.0. The zero-order valence-electron chi connectivity index (χ0n) is 11.0. The van der Waals surface area contributed by atoms with Crippen molar-refractivity contribution in [3.63, 3.8) is 0 Å². The molecule has 1 aliphatic rings. The summed E-state index contributed by atoms with van der Waals surface area (Å²) in [6.45, 7) is 3.80. The maximum absolute atomic E-state index is 11.3. The molecule has 0 spiro atoms. The molecule has 0 bridgehead atoms. The van der Waals surface area contributed by atoms with Gasteiger partial charge >= 0.3 is 6.09 Å². The molecule has 0 saturated carbocycles. The average molecular weight is 303 g/mol. The molecular formula is C12H15ClN2O5. The fraction of sp³-hybridized carbons (Fsp3) is 0.417. The van der Waals surface area contributed by atoms with Crippen LogP contribution in [0.15, 0.2) is 18.2 Å². The van der Waals surface area contributed by atoms with E-state index >= 15 is 0 Å². The number of phenols is 1. The number of rotatable bonds is 2. The smallest absolute Gasteiger partial charge is 0.407 e. The topological polar surface area (TPSA) is 102 Å². The number of carbonyl (C=O) groups is 1. The van der Waals surface area contributed by atoms with Gasteiger partial charge in [-0.1, -0.05) is 13.8 Å². The molecule has 1 atom stereocenters. The number of aromatic hydroxyl groups is 1. The lowest BCUT2D eigenvalue weighted by Gasteiger charge is -2.38. The van der Waals surface area contributed by atoms with Crippen LogP contribution >= 0.6 is 12.4 Å². The molecule has 7 nitrogen and oxygen atoms in total. The number of hydrogen-bond donors (Lipinski definition) is 2. The van der Waals surface area contributed by atoms with Crippen molar-refractivity contribution in [3.05, 3.63) is 33.9 Å². The number of phenolic OH excluding ortho intramolecular Hbond substituents is 1. The van der Waals surface area contributed by atoms with Gasteiger partial charge in [-0.15, -0.1) is 12.4 Å². The highest BCUT2D eigenvalue weighted by Crippen LogP contribution is 2.41. The second-order valence-corrected chi connectivity index (χ2v) is 5.14. The van der Waals surface area contributed by atoms with Crippen LogP contribution in [0, 0.1) is 15.5 Å². The molecule has 1 amide bonds. The summed E-state index contributed by atoms with van der Waals surface area (Å²) in [6.07, 6.45) is -0.623. The van der Waals surface area contributed by atoms with E-state index in [-0.39, 0.29) is 36.0 Å². The first-order valence-electron chi connectivity index (χ1n) is 5.72. The summed E-state index contributed by atoms with van der Waals surface area (Å²) in [5.74, 6) is -0.0860. The summed E-state index contributed by atoms with van der Waals surface area (Å²) < 4.78 is 4.89. The van der Waals surface area contributed by atoms with Crippen LogP contribution in [0.25, 0.3) is 0 Å². The van der Waals surface area contributed by atoms with Crippen molar-refractivity contribution in [2.45, 2.75) is 19.9 Å². The number of nitro benzene ring substituents is 1. The molecule has 8 heteroatoms. The Hall–Kier alpha value is -2.02. The fourth-order valence-electron chi connectivity index (χ4n) is 2.13. The molecule has 20 heavy (non-hydrogen) atoms. The summed E-state index contributed by atoms with van der Waals surface area (Å²) in [7, 11) is 0. The van der Waals surface area contributed by atoms with Crippen molar-refractivity contribution >= 4 is 24.2 Å². The molecule has 1 fully saturated rings. The highest BCUT2D eigenvalue weighted by atomic mass is 35.5. The third-order valence-corrected chi connectivity index (χ3v) is 3.14. The lowest BCUT2D eigenvalue weighted by Crippen LogP contribution is -2.47. The number of ether oxygens (including phenoxy) is 1. The van der Waals surface area contributed by atoms with Gasteiger partial charge in [0.15, 0.2) is 0 Å². The Labute approximate surface area is 121 Å². The van der Waals surface area contributed by atoms with Crippen LogP contribution in [0.2, 0.25) is 0 Å². The first-order valence-corrected chi connectivity index (χ1v) is 5.72. The van der Waals surface area contributed by atoms with Crippen LogP contribution in [-0.2, 0) is 4.74 Å². The van der Waals surface area contributed by atoms with E-state index in [9.17, 15) is 20.0 Å². The zero-order valence-corrected chi connectivity index (χ0v) is 11.8. The standard InChI is InChI=1S/C12H14N2O5.ClH/c1-12(2)6-19-11(16)13-10(12)8-5-7(15)3-4-9(8)14(17)18;/h3-5,10,15H,6H2,1-2H3,(H,13,16);1H/t10-;/m1./s1. The van der Waals surface area contributed by atoms with Gasteiger partial charge in [0, 0.05) is 11.5 Å². The third-order valence-electron chi connectivity index (χ3n) is 3.14. The number of carbonyl (C=O) groups excluding carboxylic acids is 1. The Bertz CT molecular complexity index is 547. The second-order valence-electron chi connectivity index (χ2n) is 5.14. The van der Waals surface area contributed by atoms with Gasteiger partial charge in [-0.05, 0) is 12.1 Å². The van der Waals surface area contributed by atoms with Gasteiger partial charge in [0.2, 0.25) is 0 Å². The van der Waals surface area contributed by atoms with Crippen LogP contribution in [0.4, 0.5) is 10.5 Å². The van der Waals surface area contributed by atoms with Gasteiger partial charge in [-0.25, -0.2) is 4.79 Å². The summed E-state index contributed by atoms with van der Waals surface area (Å²) >= 11 is 0. The number of hydrogen-bond acceptors (Lipinski definition) is 5. The van der Waals surface area contributed by atoms with Crippen LogP contribution in [-0.4, -0.2) is 22.7 Å². The van der Waals surface area contributed by atoms with Gasteiger partial charge in [0.05, 0.1) is 16.5 Å². The lowest BCUT2D eigenvalue weighted by molar-refractivity contribution is -0.386. The van der Waals surface area contributed by atoms with E-state index in [0.29, 0.717) is 0 Å². The molecule has 0 aliphatic carbocycles. The van der Waals surface area contributed by atoms with Crippen LogP contribution in [0.1, 0.15) is 25.5 Å². The molecule has 1 aromatic rings. The molecule has 2 rings (SSSR count). The lowest BCUT2D eigenvalue weighted by atomic mass is 9.80. The van der Waals surface area contributed by atoms with Crippen molar-refractivity contribution in [3.8, 4) is 5.75 Å². The maximum Gasteiger partial charge on any atom is 0.407 e. The summed E-state index contributed by atoms with van der Waals surface area (Å²) in [5.41, 5.74) is -0.392. The van der Waals surface area contributed by atoms with Crippen molar-refractivity contribution < 1.29 is 19.6 Å². The van der Waals surface area contributed by atoms with Crippen LogP contribution in [0.5, 0.6) is 5.75 Å². The SMILES string of the molecule is CC1(C)COC(=O)N[C@@H]1c1cc(O)ccc1[N+](=O)[O-].Cl. The normalized spacial score (nSPS) is 20.3. The number of amides is 1. The monoisotopic (exact) mass is 302 g/mol. The largest absolute Gasteiger partial charge is 0.508 e. The predicted octanol–water partition coefficient (Wildman–Crippen LogP) is 2.53. The third kappa shape index (κ3) is 2.93. The van der Waals surface area contributed by atoms with Gasteiger partial charge in [0.25, 0.3) is 5.69 Å². The second kappa shape index (κ2) is 5.54. The van der Waals surface area contributed by atoms with Crippen molar-refractivity contribution in [2.24, 2.45) is 5.41 Å². The van der Waals surface area contributed by atoms with Gasteiger partial charge in [0.1, 0.15) is 12.4 Å². The molecule has 110 valence electrons. The molecule has 0 unspecified atom stereocenters. The molecule has 1 aromatic carbocycles. The zero-order chi connectivity index (χ0) is 14.2. The number of nitro groups is 1. The number of benzene rings is 1. The van der Waals surface area contributed by atoms with Gasteiger partial charge in [-0.2, -0.15) is 0 Å². The van der Waals surface area contributed by atoms with Gasteiger partial charge in [-0.3, -0.25) is 10.1 Å². The number of nitrogens with one attached hydrogen (secondary N) is 1. The quantitative estimate of drug-likeness (QED) is 0.645. The molecule has 0 aromatic heterocycles. The highest BCUT2D eigenvalue weighted by Gasteiger charge is 2.41. The molecule has 0 radical (unpaired) electrons. The predicted molar refractivity (Wildman–Crippen MR) is 73.0 cm³/mol. The van der Waals surface area contributed by atoms with E-state index in [2.05, 4.69) is 5.32 Å². The minimum Gasteiger partial charge on any atom is -0.508 e. The molecule has 2 N–H and O–H groups in total. The average Bonchev–Trinajstić information content (AvgIpc) is 2.32. The maximum atomic E-state index is 11.3. The van der Waals surface area contributed by atoms with E-state index in [1.54, 1.807) is 0 Å². The van der Waals surface area contributed by atoms with Crippen molar-refractivity contribution in [1.82, 2.24) is 5.32 Å². The molecule has 1 aliphatic heterocycles. The van der Waals surface area contributed by atoms with Crippen molar-refractivity contribution in [2.75, 3.05) is 6.61 Å². The van der Waals surface area contributed by atoms with E-state index in [0.717, 1.165) is 0 Å². The van der Waals surface area contributed by atoms with Gasteiger partial charge < -0.3 is 15.2 Å². The highest BCUT2D eigenvalue weighted by molar-refractivity contribution is 5.85. The Balaban J connectivity index is 0.00000200. The molecule has 1 saturated heterocycles. The van der Waals surface area contributed by atoms with E-state index in [1.807, 2.05) is 13.8 Å². The summed E-state index contributed by atoms with van der Waals surface area (Å²) in [5, 5.41) is 23.1. The Kier molecular flexibility index (Phi) is 4.44. The van der Waals surface area contributed by atoms with Crippen LogP contribution < -0.4 is 5.32 Å². The molecular weight excluding hydrogens is 288 g/mol. The van der Waals surface area contributed by atoms with Crippen molar-refractivity contribution in [1.29, 1.82) is 0 Å². The molecule has 1 heterocycles. The van der Waals surface area contributed by atoms with E-state index in [1.165, 1.54) is 18.2 Å². The van der Waals surface area contributed by atoms with Crippen LogP contribution in [0.3, 0.4) is 0 Å². The van der Waals surface area contributed by atoms with E-state index in [4.69, 9.17) is 4.74 Å². The first-order chi connectivity index (χ1) is 8.81. The Morgan fingerprint density at radius 2 is 2.15 bits per heavy atom. The minimum absolute atomic E-state index is 0. The number of nitrogens with zero attached hydrogens (tertiary/aromatic N) is 1. The minimum atomic E-state index is -0.623. The Morgan fingerprint density at radius 3 is 2.75 bits per heavy atom. The summed E-state index contributed by atoms with van der Waals surface area (Å²) in [6, 6.07) is 3.18. The Morgan fingerprint density at radius 1 is 1.50 bits per heavy atom.